The van der Waals surface area contributed by atoms with Crippen LogP contribution in [0.5, 0.6) is 0 Å². The van der Waals surface area contributed by atoms with Gasteiger partial charge in [0, 0.05) is 12.3 Å². The molecule has 0 saturated carbocycles. The van der Waals surface area contributed by atoms with E-state index in [4.69, 9.17) is 4.74 Å². The SMILES string of the molecule is C[C@H]1C[C@@H]2OC(=O)[C@H](C)[C@H]2CC2=C1CCC2=O. The van der Waals surface area contributed by atoms with Crippen LogP contribution in [0.3, 0.4) is 0 Å². The van der Waals surface area contributed by atoms with E-state index in [1.165, 1.54) is 5.57 Å². The summed E-state index contributed by atoms with van der Waals surface area (Å²) in [7, 11) is 0. The molecule has 0 bridgehead atoms. The molecule has 1 aliphatic heterocycles. The third-order valence-corrected chi connectivity index (χ3v) is 4.73. The van der Waals surface area contributed by atoms with Crippen molar-refractivity contribution in [2.24, 2.45) is 17.8 Å². The van der Waals surface area contributed by atoms with E-state index in [2.05, 4.69) is 6.92 Å². The van der Waals surface area contributed by atoms with E-state index in [1.807, 2.05) is 6.92 Å². The number of ketones is 1. The number of hydrogen-bond donors (Lipinski definition) is 0. The molecule has 92 valence electrons. The second-order valence-corrected chi connectivity index (χ2v) is 5.70. The van der Waals surface area contributed by atoms with Gasteiger partial charge >= 0.3 is 5.97 Å². The number of allylic oxidation sites excluding steroid dienone is 2. The lowest BCUT2D eigenvalue weighted by molar-refractivity contribution is -0.144. The Morgan fingerprint density at radius 3 is 2.71 bits per heavy atom. The molecule has 4 atom stereocenters. The van der Waals surface area contributed by atoms with Gasteiger partial charge in [0.2, 0.25) is 0 Å². The van der Waals surface area contributed by atoms with Gasteiger partial charge in [-0.05, 0) is 30.8 Å². The molecule has 0 spiro atoms. The molecule has 3 aliphatic rings. The normalized spacial score (nSPS) is 41.1. The Kier molecular flexibility index (Phi) is 2.39. The van der Waals surface area contributed by atoms with E-state index < -0.39 is 0 Å². The van der Waals surface area contributed by atoms with Crippen LogP contribution < -0.4 is 0 Å². The van der Waals surface area contributed by atoms with Gasteiger partial charge < -0.3 is 4.74 Å². The van der Waals surface area contributed by atoms with E-state index in [-0.39, 0.29) is 23.9 Å². The van der Waals surface area contributed by atoms with E-state index in [9.17, 15) is 9.59 Å². The molecular formula is C14H18O3. The highest BCUT2D eigenvalue weighted by molar-refractivity contribution is 5.99. The number of carbonyl (C=O) groups excluding carboxylic acids is 2. The number of hydrogen-bond acceptors (Lipinski definition) is 3. The number of esters is 1. The van der Waals surface area contributed by atoms with Crippen molar-refractivity contribution in [3.63, 3.8) is 0 Å². The lowest BCUT2D eigenvalue weighted by Crippen LogP contribution is -2.21. The van der Waals surface area contributed by atoms with E-state index in [0.717, 1.165) is 24.8 Å². The second kappa shape index (κ2) is 3.69. The van der Waals surface area contributed by atoms with Crippen molar-refractivity contribution in [2.75, 3.05) is 0 Å². The standard InChI is InChI=1S/C14H18O3/c1-7-5-13-10(8(2)14(16)17-13)6-11-9(7)3-4-12(11)15/h7-8,10,13H,3-6H2,1-2H3/t7-,8+,10+,13-/m0/s1. The smallest absolute Gasteiger partial charge is 0.309 e. The molecule has 1 saturated heterocycles. The van der Waals surface area contributed by atoms with Gasteiger partial charge in [0.15, 0.2) is 5.78 Å². The molecule has 17 heavy (non-hydrogen) atoms. The molecule has 3 nitrogen and oxygen atoms in total. The quantitative estimate of drug-likeness (QED) is 0.604. The minimum absolute atomic E-state index is 0.0332. The molecule has 0 aromatic heterocycles. The van der Waals surface area contributed by atoms with Crippen LogP contribution in [-0.2, 0) is 14.3 Å². The lowest BCUT2D eigenvalue weighted by Gasteiger charge is -2.18. The maximum Gasteiger partial charge on any atom is 0.309 e. The van der Waals surface area contributed by atoms with Crippen LogP contribution in [0.2, 0.25) is 0 Å². The van der Waals surface area contributed by atoms with Gasteiger partial charge in [0.05, 0.1) is 5.92 Å². The van der Waals surface area contributed by atoms with Gasteiger partial charge in [0.25, 0.3) is 0 Å². The van der Waals surface area contributed by atoms with Crippen LogP contribution in [0.1, 0.15) is 39.5 Å². The number of rotatable bonds is 0. The van der Waals surface area contributed by atoms with Crippen LogP contribution in [0.25, 0.3) is 0 Å². The second-order valence-electron chi connectivity index (χ2n) is 5.70. The Hall–Kier alpha value is -1.12. The van der Waals surface area contributed by atoms with Gasteiger partial charge in [-0.2, -0.15) is 0 Å². The summed E-state index contributed by atoms with van der Waals surface area (Å²) in [5.74, 6) is 0.789. The average Bonchev–Trinajstić information content (AvgIpc) is 2.71. The highest BCUT2D eigenvalue weighted by Gasteiger charge is 2.46. The fraction of sp³-hybridized carbons (Fsp3) is 0.714. The van der Waals surface area contributed by atoms with Gasteiger partial charge in [-0.25, -0.2) is 0 Å². The predicted molar refractivity (Wildman–Crippen MR) is 62.2 cm³/mol. The first kappa shape index (κ1) is 11.0. The van der Waals surface area contributed by atoms with Gasteiger partial charge in [-0.1, -0.05) is 19.4 Å². The molecule has 0 aromatic carbocycles. The lowest BCUT2D eigenvalue weighted by atomic mass is 9.85. The molecule has 3 rings (SSSR count). The summed E-state index contributed by atoms with van der Waals surface area (Å²) in [6.07, 6.45) is 3.29. The highest BCUT2D eigenvalue weighted by atomic mass is 16.6. The first-order valence-electron chi connectivity index (χ1n) is 6.53. The fourth-order valence-corrected chi connectivity index (χ4v) is 3.62. The Balaban J connectivity index is 1.95. The third kappa shape index (κ3) is 1.55. The molecule has 0 radical (unpaired) electrons. The predicted octanol–water partition coefficient (Wildman–Crippen LogP) is 2.25. The topological polar surface area (TPSA) is 43.4 Å². The number of Topliss-reactive ketones (excluding diaryl/α,β-unsaturated/α-hetero) is 1. The van der Waals surface area contributed by atoms with Crippen LogP contribution in [0, 0.1) is 17.8 Å². The van der Waals surface area contributed by atoms with E-state index in [1.54, 1.807) is 0 Å². The minimum Gasteiger partial charge on any atom is -0.462 e. The minimum atomic E-state index is -0.0818. The van der Waals surface area contributed by atoms with Gasteiger partial charge in [-0.15, -0.1) is 0 Å². The average molecular weight is 234 g/mol. The Morgan fingerprint density at radius 2 is 1.94 bits per heavy atom. The van der Waals surface area contributed by atoms with E-state index in [0.29, 0.717) is 18.1 Å². The number of ether oxygens (including phenoxy) is 1. The summed E-state index contributed by atoms with van der Waals surface area (Å²) in [5, 5.41) is 0. The zero-order valence-electron chi connectivity index (χ0n) is 10.4. The van der Waals surface area contributed by atoms with Crippen molar-refractivity contribution in [3.8, 4) is 0 Å². The molecule has 1 fully saturated rings. The van der Waals surface area contributed by atoms with Crippen molar-refractivity contribution in [2.45, 2.75) is 45.6 Å². The zero-order valence-corrected chi connectivity index (χ0v) is 10.4. The maximum atomic E-state index is 11.9. The monoisotopic (exact) mass is 234 g/mol. The summed E-state index contributed by atoms with van der Waals surface area (Å²) in [5.41, 5.74) is 2.36. The van der Waals surface area contributed by atoms with Crippen molar-refractivity contribution in [3.05, 3.63) is 11.1 Å². The number of carbonyl (C=O) groups is 2. The molecule has 1 heterocycles. The van der Waals surface area contributed by atoms with Gasteiger partial charge in [0.1, 0.15) is 6.10 Å². The van der Waals surface area contributed by atoms with Crippen LogP contribution in [0.4, 0.5) is 0 Å². The summed E-state index contributed by atoms with van der Waals surface area (Å²) < 4.78 is 5.45. The molecule has 0 unspecified atom stereocenters. The molecular weight excluding hydrogens is 216 g/mol. The van der Waals surface area contributed by atoms with Crippen LogP contribution >= 0.6 is 0 Å². The fourth-order valence-electron chi connectivity index (χ4n) is 3.62. The summed E-state index contributed by atoms with van der Waals surface area (Å²) >= 11 is 0. The number of fused-ring (bicyclic) bond motifs is 1. The summed E-state index contributed by atoms with van der Waals surface area (Å²) in [6.45, 7) is 4.09. The summed E-state index contributed by atoms with van der Waals surface area (Å²) in [6, 6.07) is 0. The first-order valence-corrected chi connectivity index (χ1v) is 6.53. The molecule has 2 aliphatic carbocycles. The van der Waals surface area contributed by atoms with Crippen molar-refractivity contribution in [1.29, 1.82) is 0 Å². The van der Waals surface area contributed by atoms with Gasteiger partial charge in [-0.3, -0.25) is 9.59 Å². The van der Waals surface area contributed by atoms with Crippen LogP contribution in [0.15, 0.2) is 11.1 Å². The van der Waals surface area contributed by atoms with E-state index >= 15 is 0 Å². The third-order valence-electron chi connectivity index (χ3n) is 4.73. The van der Waals surface area contributed by atoms with Crippen molar-refractivity contribution < 1.29 is 14.3 Å². The molecule has 0 aromatic rings. The molecule has 0 amide bonds. The summed E-state index contributed by atoms with van der Waals surface area (Å²) in [4.78, 5) is 23.5. The van der Waals surface area contributed by atoms with Crippen molar-refractivity contribution in [1.82, 2.24) is 0 Å². The molecule has 0 N–H and O–H groups in total. The largest absolute Gasteiger partial charge is 0.462 e. The van der Waals surface area contributed by atoms with Crippen LogP contribution in [-0.4, -0.2) is 17.9 Å². The Bertz CT molecular complexity index is 421. The highest BCUT2D eigenvalue weighted by Crippen LogP contribution is 2.45. The Labute approximate surface area is 101 Å². The maximum absolute atomic E-state index is 11.9. The zero-order chi connectivity index (χ0) is 12.2. The van der Waals surface area contributed by atoms with Crippen molar-refractivity contribution >= 4 is 11.8 Å². The Morgan fingerprint density at radius 1 is 1.18 bits per heavy atom. The first-order chi connectivity index (χ1) is 8.08. The molecule has 3 heteroatoms.